The zero-order valence-electron chi connectivity index (χ0n) is 15.3. The SMILES string of the molecule is CNc1cc(C)nc(Nc2ncc(OC)c(C3=CCNCCC3)c2F)c1. The number of anilines is 3. The molecule has 0 aromatic carbocycles. The van der Waals surface area contributed by atoms with E-state index < -0.39 is 5.82 Å². The summed E-state index contributed by atoms with van der Waals surface area (Å²) in [6.07, 6.45) is 5.30. The maximum Gasteiger partial charge on any atom is 0.177 e. The molecule has 0 amide bonds. The predicted molar refractivity (Wildman–Crippen MR) is 103 cm³/mol. The summed E-state index contributed by atoms with van der Waals surface area (Å²) >= 11 is 0. The third-order valence-electron chi connectivity index (χ3n) is 4.31. The van der Waals surface area contributed by atoms with Gasteiger partial charge < -0.3 is 20.7 Å². The summed E-state index contributed by atoms with van der Waals surface area (Å²) in [5.74, 6) is 0.688. The summed E-state index contributed by atoms with van der Waals surface area (Å²) in [6, 6.07) is 3.73. The van der Waals surface area contributed by atoms with Gasteiger partial charge in [-0.25, -0.2) is 14.4 Å². The van der Waals surface area contributed by atoms with E-state index in [1.807, 2.05) is 32.2 Å². The second-order valence-electron chi connectivity index (χ2n) is 6.16. The van der Waals surface area contributed by atoms with E-state index in [-0.39, 0.29) is 5.82 Å². The highest BCUT2D eigenvalue weighted by Crippen LogP contribution is 2.35. The smallest absolute Gasteiger partial charge is 0.177 e. The molecule has 1 aliphatic rings. The number of pyridine rings is 2. The van der Waals surface area contributed by atoms with Gasteiger partial charge in [-0.05, 0) is 37.9 Å². The number of hydrogen-bond donors (Lipinski definition) is 3. The normalized spacial score (nSPS) is 14.4. The molecule has 2 aromatic rings. The van der Waals surface area contributed by atoms with Gasteiger partial charge in [-0.1, -0.05) is 6.08 Å². The Morgan fingerprint density at radius 1 is 1.31 bits per heavy atom. The highest BCUT2D eigenvalue weighted by Gasteiger charge is 2.20. The molecule has 2 aromatic heterocycles. The molecule has 138 valence electrons. The Morgan fingerprint density at radius 2 is 2.15 bits per heavy atom. The second-order valence-corrected chi connectivity index (χ2v) is 6.16. The second kappa shape index (κ2) is 8.14. The third-order valence-corrected chi connectivity index (χ3v) is 4.31. The zero-order valence-corrected chi connectivity index (χ0v) is 15.3. The molecule has 0 aliphatic carbocycles. The molecule has 26 heavy (non-hydrogen) atoms. The van der Waals surface area contributed by atoms with Gasteiger partial charge in [0.05, 0.1) is 18.9 Å². The van der Waals surface area contributed by atoms with Crippen molar-refractivity contribution in [2.45, 2.75) is 19.8 Å². The van der Waals surface area contributed by atoms with E-state index in [9.17, 15) is 0 Å². The number of aromatic nitrogens is 2. The van der Waals surface area contributed by atoms with Crippen LogP contribution in [-0.4, -0.2) is 37.2 Å². The van der Waals surface area contributed by atoms with Crippen molar-refractivity contribution < 1.29 is 9.13 Å². The Bertz CT molecular complexity index is 822. The van der Waals surface area contributed by atoms with Gasteiger partial charge in [0.25, 0.3) is 0 Å². The van der Waals surface area contributed by atoms with E-state index in [0.29, 0.717) is 23.7 Å². The molecule has 1 aliphatic heterocycles. The molecular weight excluding hydrogens is 333 g/mol. The molecule has 0 radical (unpaired) electrons. The van der Waals surface area contributed by atoms with Gasteiger partial charge in [-0.3, -0.25) is 0 Å². The Hall–Kier alpha value is -2.67. The maximum atomic E-state index is 15.3. The van der Waals surface area contributed by atoms with Crippen LogP contribution in [0.1, 0.15) is 24.1 Å². The lowest BCUT2D eigenvalue weighted by Crippen LogP contribution is -2.12. The fourth-order valence-electron chi connectivity index (χ4n) is 3.04. The summed E-state index contributed by atoms with van der Waals surface area (Å²) in [6.45, 7) is 3.52. The van der Waals surface area contributed by atoms with Gasteiger partial charge in [0.2, 0.25) is 0 Å². The first-order valence-electron chi connectivity index (χ1n) is 8.68. The largest absolute Gasteiger partial charge is 0.494 e. The van der Waals surface area contributed by atoms with Crippen LogP contribution in [0.3, 0.4) is 0 Å². The highest BCUT2D eigenvalue weighted by molar-refractivity contribution is 5.74. The van der Waals surface area contributed by atoms with E-state index in [1.165, 1.54) is 7.11 Å². The topological polar surface area (TPSA) is 71.1 Å². The van der Waals surface area contributed by atoms with Gasteiger partial charge >= 0.3 is 0 Å². The van der Waals surface area contributed by atoms with E-state index in [2.05, 4.69) is 25.9 Å². The maximum absolute atomic E-state index is 15.3. The van der Waals surface area contributed by atoms with Crippen LogP contribution in [0.5, 0.6) is 5.75 Å². The van der Waals surface area contributed by atoms with Crippen molar-refractivity contribution in [1.29, 1.82) is 0 Å². The summed E-state index contributed by atoms with van der Waals surface area (Å²) in [7, 11) is 3.36. The Balaban J connectivity index is 2.00. The van der Waals surface area contributed by atoms with Crippen LogP contribution in [0, 0.1) is 12.7 Å². The van der Waals surface area contributed by atoms with Gasteiger partial charge in [0.15, 0.2) is 11.6 Å². The van der Waals surface area contributed by atoms with E-state index >= 15 is 4.39 Å². The molecule has 3 N–H and O–H groups in total. The van der Waals surface area contributed by atoms with Gasteiger partial charge in [0, 0.05) is 31.0 Å². The molecule has 0 atom stereocenters. The summed E-state index contributed by atoms with van der Waals surface area (Å²) in [4.78, 5) is 8.60. The fraction of sp³-hybridized carbons (Fsp3) is 0.368. The first kappa shape index (κ1) is 18.1. The number of methoxy groups -OCH3 is 1. The van der Waals surface area contributed by atoms with Crippen molar-refractivity contribution in [3.05, 3.63) is 41.5 Å². The van der Waals surface area contributed by atoms with Crippen LogP contribution in [0.25, 0.3) is 5.57 Å². The van der Waals surface area contributed by atoms with E-state index in [0.717, 1.165) is 36.3 Å². The average Bonchev–Trinajstić information content (AvgIpc) is 2.91. The Morgan fingerprint density at radius 3 is 2.92 bits per heavy atom. The number of nitrogens with zero attached hydrogens (tertiary/aromatic N) is 2. The number of ether oxygens (including phenoxy) is 1. The minimum absolute atomic E-state index is 0.138. The summed E-state index contributed by atoms with van der Waals surface area (Å²) in [5.41, 5.74) is 3.12. The zero-order chi connectivity index (χ0) is 18.5. The first-order valence-corrected chi connectivity index (χ1v) is 8.68. The van der Waals surface area contributed by atoms with Crippen molar-refractivity contribution in [3.63, 3.8) is 0 Å². The molecule has 3 rings (SSSR count). The van der Waals surface area contributed by atoms with Crippen molar-refractivity contribution in [2.75, 3.05) is 37.9 Å². The molecule has 3 heterocycles. The number of nitrogens with one attached hydrogen (secondary N) is 3. The van der Waals surface area contributed by atoms with Crippen molar-refractivity contribution in [3.8, 4) is 5.75 Å². The van der Waals surface area contributed by atoms with Crippen LogP contribution in [-0.2, 0) is 0 Å². The quantitative estimate of drug-likeness (QED) is 0.761. The van der Waals surface area contributed by atoms with Crippen LogP contribution in [0.4, 0.5) is 21.7 Å². The van der Waals surface area contributed by atoms with Crippen LogP contribution in [0.15, 0.2) is 24.4 Å². The van der Waals surface area contributed by atoms with Crippen molar-refractivity contribution in [2.24, 2.45) is 0 Å². The predicted octanol–water partition coefficient (Wildman–Crippen LogP) is 3.48. The molecular formula is C19H24FN5O. The van der Waals surface area contributed by atoms with Crippen LogP contribution in [0.2, 0.25) is 0 Å². The number of aryl methyl sites for hydroxylation is 1. The molecule has 0 unspecified atom stereocenters. The number of halogens is 1. The standard InChI is InChI=1S/C19H24FN5O/c1-12-9-14(21-2)10-16(24-12)25-19-18(20)17(15(26-3)11-23-19)13-5-4-7-22-8-6-13/h6,9-11,22H,4-5,7-8H2,1-3H3,(H2,21,23,24,25). The number of rotatable bonds is 5. The summed E-state index contributed by atoms with van der Waals surface area (Å²) < 4.78 is 20.7. The monoisotopic (exact) mass is 357 g/mol. The minimum Gasteiger partial charge on any atom is -0.494 e. The summed E-state index contributed by atoms with van der Waals surface area (Å²) in [5, 5.41) is 9.35. The lowest BCUT2D eigenvalue weighted by atomic mass is 10.0. The number of allylic oxidation sites excluding steroid dienone is 1. The molecule has 0 saturated heterocycles. The molecule has 6 nitrogen and oxygen atoms in total. The highest BCUT2D eigenvalue weighted by atomic mass is 19.1. The van der Waals surface area contributed by atoms with Gasteiger partial charge in [0.1, 0.15) is 11.6 Å². The molecule has 0 spiro atoms. The third kappa shape index (κ3) is 3.94. The number of hydrogen-bond acceptors (Lipinski definition) is 6. The van der Waals surface area contributed by atoms with Crippen LogP contribution >= 0.6 is 0 Å². The van der Waals surface area contributed by atoms with Crippen molar-refractivity contribution >= 4 is 22.9 Å². The molecule has 0 saturated carbocycles. The fourth-order valence-corrected chi connectivity index (χ4v) is 3.04. The van der Waals surface area contributed by atoms with Gasteiger partial charge in [-0.2, -0.15) is 0 Å². The average molecular weight is 357 g/mol. The Labute approximate surface area is 152 Å². The molecule has 0 bridgehead atoms. The van der Waals surface area contributed by atoms with Crippen LogP contribution < -0.4 is 20.7 Å². The first-order chi connectivity index (χ1) is 12.6. The van der Waals surface area contributed by atoms with E-state index in [4.69, 9.17) is 4.74 Å². The lowest BCUT2D eigenvalue weighted by molar-refractivity contribution is 0.407. The van der Waals surface area contributed by atoms with Gasteiger partial charge in [-0.15, -0.1) is 0 Å². The minimum atomic E-state index is -0.424. The molecule has 7 heteroatoms. The van der Waals surface area contributed by atoms with Crippen molar-refractivity contribution in [1.82, 2.24) is 15.3 Å². The Kier molecular flexibility index (Phi) is 5.68. The van der Waals surface area contributed by atoms with E-state index in [1.54, 1.807) is 6.20 Å². The molecule has 0 fully saturated rings. The lowest BCUT2D eigenvalue weighted by Gasteiger charge is -2.15.